The van der Waals surface area contributed by atoms with Gasteiger partial charge in [-0.15, -0.1) is 0 Å². The topological polar surface area (TPSA) is 39.4 Å². The van der Waals surface area contributed by atoms with Crippen LogP contribution in [0.5, 0.6) is 0 Å². The van der Waals surface area contributed by atoms with E-state index >= 15 is 0 Å². The lowest BCUT2D eigenvalue weighted by atomic mass is 10.0. The molecule has 0 unspecified atom stereocenters. The molecule has 20 heavy (non-hydrogen) atoms. The van der Waals surface area contributed by atoms with Gasteiger partial charge in [0.2, 0.25) is 5.78 Å². The standard InChI is InChI=1S/C14H11F3O3/c1-19-8-9-6-7-12(20-9)13(18)10-4-2-3-5-11(10)14(15,16)17/h2-7H,8H2,1H3. The van der Waals surface area contributed by atoms with Crippen molar-refractivity contribution in [2.24, 2.45) is 0 Å². The maximum absolute atomic E-state index is 12.8. The zero-order valence-electron chi connectivity index (χ0n) is 10.5. The van der Waals surface area contributed by atoms with Crippen molar-refractivity contribution >= 4 is 5.78 Å². The lowest BCUT2D eigenvalue weighted by Crippen LogP contribution is -2.13. The lowest BCUT2D eigenvalue weighted by molar-refractivity contribution is -0.137. The number of carbonyl (C=O) groups is 1. The number of alkyl halides is 3. The Balaban J connectivity index is 2.38. The molecule has 0 aliphatic rings. The zero-order chi connectivity index (χ0) is 14.8. The van der Waals surface area contributed by atoms with Crippen LogP contribution in [0, 0.1) is 0 Å². The fourth-order valence-corrected chi connectivity index (χ4v) is 1.78. The van der Waals surface area contributed by atoms with Crippen molar-refractivity contribution in [1.29, 1.82) is 0 Å². The Morgan fingerprint density at radius 3 is 2.55 bits per heavy atom. The highest BCUT2D eigenvalue weighted by Crippen LogP contribution is 2.33. The van der Waals surface area contributed by atoms with E-state index in [9.17, 15) is 18.0 Å². The summed E-state index contributed by atoms with van der Waals surface area (Å²) in [6, 6.07) is 7.44. The summed E-state index contributed by atoms with van der Waals surface area (Å²) in [5, 5.41) is 0. The van der Waals surface area contributed by atoms with Crippen molar-refractivity contribution in [2.75, 3.05) is 7.11 Å². The van der Waals surface area contributed by atoms with Crippen molar-refractivity contribution in [3.05, 3.63) is 59.0 Å². The maximum atomic E-state index is 12.8. The van der Waals surface area contributed by atoms with Gasteiger partial charge in [-0.2, -0.15) is 13.2 Å². The van der Waals surface area contributed by atoms with Gasteiger partial charge in [0.15, 0.2) is 5.76 Å². The number of ketones is 1. The van der Waals surface area contributed by atoms with Gasteiger partial charge in [0.1, 0.15) is 12.4 Å². The molecule has 0 N–H and O–H groups in total. The molecule has 0 amide bonds. The Morgan fingerprint density at radius 1 is 1.20 bits per heavy atom. The van der Waals surface area contributed by atoms with Crippen LogP contribution in [0.25, 0.3) is 0 Å². The summed E-state index contributed by atoms with van der Waals surface area (Å²) in [6.07, 6.45) is -4.59. The van der Waals surface area contributed by atoms with Crippen LogP contribution in [-0.4, -0.2) is 12.9 Å². The molecule has 0 bridgehead atoms. The summed E-state index contributed by atoms with van der Waals surface area (Å²) in [4.78, 5) is 12.1. The molecule has 1 aromatic heterocycles. The van der Waals surface area contributed by atoms with Crippen LogP contribution in [0.4, 0.5) is 13.2 Å². The lowest BCUT2D eigenvalue weighted by Gasteiger charge is -2.10. The molecule has 0 saturated carbocycles. The molecule has 1 aromatic carbocycles. The summed E-state index contributed by atoms with van der Waals surface area (Å²) in [7, 11) is 1.45. The van der Waals surface area contributed by atoms with Crippen molar-refractivity contribution in [2.45, 2.75) is 12.8 Å². The fourth-order valence-electron chi connectivity index (χ4n) is 1.78. The monoisotopic (exact) mass is 284 g/mol. The molecule has 2 aromatic rings. The zero-order valence-corrected chi connectivity index (χ0v) is 10.5. The Bertz CT molecular complexity index is 614. The highest BCUT2D eigenvalue weighted by atomic mass is 19.4. The third-order valence-electron chi connectivity index (χ3n) is 2.65. The van der Waals surface area contributed by atoms with E-state index in [4.69, 9.17) is 9.15 Å². The second-order valence-corrected chi connectivity index (χ2v) is 4.07. The number of rotatable bonds is 4. The molecule has 0 saturated heterocycles. The van der Waals surface area contributed by atoms with Crippen molar-refractivity contribution < 1.29 is 27.1 Å². The number of hydrogen-bond acceptors (Lipinski definition) is 3. The molecular weight excluding hydrogens is 273 g/mol. The Morgan fingerprint density at radius 2 is 1.90 bits per heavy atom. The van der Waals surface area contributed by atoms with Gasteiger partial charge >= 0.3 is 6.18 Å². The molecule has 0 atom stereocenters. The van der Waals surface area contributed by atoms with E-state index in [1.54, 1.807) is 0 Å². The first-order valence-electron chi connectivity index (χ1n) is 5.72. The van der Waals surface area contributed by atoms with Gasteiger partial charge in [-0.25, -0.2) is 0 Å². The largest absolute Gasteiger partial charge is 0.455 e. The Labute approximate surface area is 113 Å². The van der Waals surface area contributed by atoms with Gasteiger partial charge in [0.05, 0.1) is 5.56 Å². The summed E-state index contributed by atoms with van der Waals surface area (Å²) in [5.41, 5.74) is -1.41. The minimum Gasteiger partial charge on any atom is -0.455 e. The molecule has 6 heteroatoms. The van der Waals surface area contributed by atoms with E-state index in [1.165, 1.54) is 31.4 Å². The predicted molar refractivity (Wildman–Crippen MR) is 64.3 cm³/mol. The van der Waals surface area contributed by atoms with Crippen molar-refractivity contribution in [3.63, 3.8) is 0 Å². The molecular formula is C14H11F3O3. The van der Waals surface area contributed by atoms with E-state index in [2.05, 4.69) is 0 Å². The molecule has 106 valence electrons. The molecule has 0 fully saturated rings. The van der Waals surface area contributed by atoms with Crippen LogP contribution in [0.2, 0.25) is 0 Å². The van der Waals surface area contributed by atoms with E-state index < -0.39 is 23.1 Å². The summed E-state index contributed by atoms with van der Waals surface area (Å²) in [6.45, 7) is 0.147. The first-order valence-corrected chi connectivity index (χ1v) is 5.72. The number of hydrogen-bond donors (Lipinski definition) is 0. The van der Waals surface area contributed by atoms with E-state index in [-0.39, 0.29) is 12.4 Å². The third kappa shape index (κ3) is 2.91. The van der Waals surface area contributed by atoms with Crippen LogP contribution in [0.3, 0.4) is 0 Å². The maximum Gasteiger partial charge on any atom is 0.417 e. The normalized spacial score (nSPS) is 11.6. The third-order valence-corrected chi connectivity index (χ3v) is 2.65. The van der Waals surface area contributed by atoms with Crippen LogP contribution in [0.15, 0.2) is 40.8 Å². The van der Waals surface area contributed by atoms with Crippen LogP contribution < -0.4 is 0 Å². The van der Waals surface area contributed by atoms with Gasteiger partial charge in [-0.3, -0.25) is 4.79 Å². The Hall–Kier alpha value is -2.08. The second kappa shape index (κ2) is 5.50. The number of benzene rings is 1. The number of furan rings is 1. The Kier molecular flexibility index (Phi) is 3.94. The number of halogens is 3. The first-order chi connectivity index (χ1) is 9.43. The van der Waals surface area contributed by atoms with Gasteiger partial charge in [0, 0.05) is 12.7 Å². The number of ether oxygens (including phenoxy) is 1. The van der Waals surface area contributed by atoms with Crippen molar-refractivity contribution in [1.82, 2.24) is 0 Å². The SMILES string of the molecule is COCc1ccc(C(=O)c2ccccc2C(F)(F)F)o1. The van der Waals surface area contributed by atoms with E-state index in [1.807, 2.05) is 0 Å². The minimum absolute atomic E-state index is 0.145. The second-order valence-electron chi connectivity index (χ2n) is 4.07. The molecule has 0 aliphatic carbocycles. The number of methoxy groups -OCH3 is 1. The average molecular weight is 284 g/mol. The van der Waals surface area contributed by atoms with Gasteiger partial charge in [0.25, 0.3) is 0 Å². The molecule has 1 heterocycles. The van der Waals surface area contributed by atoms with Gasteiger partial charge in [-0.1, -0.05) is 18.2 Å². The molecule has 3 nitrogen and oxygen atoms in total. The first kappa shape index (κ1) is 14.3. The molecule has 2 rings (SSSR count). The predicted octanol–water partition coefficient (Wildman–Crippen LogP) is 3.68. The summed E-state index contributed by atoms with van der Waals surface area (Å²) in [5.74, 6) is -0.575. The van der Waals surface area contributed by atoms with Gasteiger partial charge in [-0.05, 0) is 18.2 Å². The highest BCUT2D eigenvalue weighted by Gasteiger charge is 2.35. The van der Waals surface area contributed by atoms with Crippen molar-refractivity contribution in [3.8, 4) is 0 Å². The van der Waals surface area contributed by atoms with E-state index in [0.717, 1.165) is 12.1 Å². The smallest absolute Gasteiger partial charge is 0.417 e. The highest BCUT2D eigenvalue weighted by molar-refractivity contribution is 6.08. The molecule has 0 spiro atoms. The van der Waals surface area contributed by atoms with Crippen LogP contribution in [-0.2, 0) is 17.5 Å². The quantitative estimate of drug-likeness (QED) is 0.804. The minimum atomic E-state index is -4.59. The van der Waals surface area contributed by atoms with E-state index in [0.29, 0.717) is 5.76 Å². The molecule has 0 radical (unpaired) electrons. The van der Waals surface area contributed by atoms with Crippen LogP contribution >= 0.6 is 0 Å². The fraction of sp³-hybridized carbons (Fsp3) is 0.214. The van der Waals surface area contributed by atoms with Gasteiger partial charge < -0.3 is 9.15 Å². The number of carbonyl (C=O) groups excluding carboxylic acids is 1. The molecule has 0 aliphatic heterocycles. The summed E-state index contributed by atoms with van der Waals surface area (Å²) >= 11 is 0. The summed E-state index contributed by atoms with van der Waals surface area (Å²) < 4.78 is 48.5. The average Bonchev–Trinajstić information content (AvgIpc) is 2.86. The van der Waals surface area contributed by atoms with Crippen LogP contribution in [0.1, 0.15) is 27.4 Å².